The van der Waals surface area contributed by atoms with Gasteiger partial charge in [0.2, 0.25) is 0 Å². The highest BCUT2D eigenvalue weighted by atomic mass is 16.8. The van der Waals surface area contributed by atoms with E-state index in [-0.39, 0.29) is 13.2 Å². The van der Waals surface area contributed by atoms with Crippen molar-refractivity contribution in [3.05, 3.63) is 0 Å². The number of ether oxygens (including phenoxy) is 4. The minimum atomic E-state index is -1.10. The molecule has 2 saturated heterocycles. The molecule has 0 spiro atoms. The average Bonchev–Trinajstić information content (AvgIpc) is 2.75. The van der Waals surface area contributed by atoms with Crippen LogP contribution in [0.3, 0.4) is 0 Å². The lowest BCUT2D eigenvalue weighted by Gasteiger charge is -2.43. The molecule has 9 nitrogen and oxygen atoms in total. The van der Waals surface area contributed by atoms with Gasteiger partial charge in [-0.25, -0.2) is 0 Å². The van der Waals surface area contributed by atoms with E-state index in [2.05, 4.69) is 5.32 Å². The van der Waals surface area contributed by atoms with Crippen molar-refractivity contribution in [3.63, 3.8) is 0 Å². The van der Waals surface area contributed by atoms with Gasteiger partial charge < -0.3 is 35.1 Å². The minimum Gasteiger partial charge on any atom is -0.394 e. The zero-order chi connectivity index (χ0) is 17.4. The van der Waals surface area contributed by atoms with Crippen molar-refractivity contribution in [1.82, 2.24) is 5.32 Å². The first-order chi connectivity index (χ1) is 10.5. The van der Waals surface area contributed by atoms with E-state index in [0.717, 1.165) is 0 Å². The summed E-state index contributed by atoms with van der Waals surface area (Å²) >= 11 is 0. The zero-order valence-corrected chi connectivity index (χ0v) is 13.7. The Morgan fingerprint density at radius 3 is 2.30 bits per heavy atom. The van der Waals surface area contributed by atoms with Gasteiger partial charge in [0.05, 0.1) is 19.3 Å². The molecule has 9 heteroatoms. The molecule has 2 heterocycles. The summed E-state index contributed by atoms with van der Waals surface area (Å²) in [6.07, 6.45) is -1.95. The Bertz CT molecular complexity index is 480. The van der Waals surface area contributed by atoms with Gasteiger partial charge in [-0.05, 0) is 27.7 Å². The van der Waals surface area contributed by atoms with Crippen LogP contribution in [0.2, 0.25) is 0 Å². The van der Waals surface area contributed by atoms with E-state index in [1.807, 2.05) is 0 Å². The fraction of sp³-hybridized carbons (Fsp3) is 0.857. The number of rotatable bonds is 3. The SMILES string of the molecule is CC1(C)OC[C@@H](NC(=O)C(N)=O)[C@H]([C@@H]2OC(C)(C)O[C@@H]2CO)O1. The van der Waals surface area contributed by atoms with Crippen LogP contribution < -0.4 is 11.1 Å². The summed E-state index contributed by atoms with van der Waals surface area (Å²) in [5.41, 5.74) is 4.97. The van der Waals surface area contributed by atoms with Crippen LogP contribution in [0.4, 0.5) is 0 Å². The summed E-state index contributed by atoms with van der Waals surface area (Å²) in [5.74, 6) is -3.85. The number of amides is 2. The predicted octanol–water partition coefficient (Wildman–Crippen LogP) is -1.38. The van der Waals surface area contributed by atoms with Gasteiger partial charge in [-0.15, -0.1) is 0 Å². The Hall–Kier alpha value is -1.26. The second-order valence-electron chi connectivity index (χ2n) is 6.56. The van der Waals surface area contributed by atoms with E-state index < -0.39 is 47.7 Å². The first kappa shape index (κ1) is 18.1. The zero-order valence-electron chi connectivity index (χ0n) is 13.7. The van der Waals surface area contributed by atoms with Crippen LogP contribution in [-0.4, -0.2) is 66.1 Å². The average molecular weight is 332 g/mol. The lowest BCUT2D eigenvalue weighted by molar-refractivity contribution is -0.302. The molecular formula is C14H24N2O7. The number of primary amides is 1. The Kier molecular flexibility index (Phi) is 4.97. The van der Waals surface area contributed by atoms with Gasteiger partial charge in [0.25, 0.3) is 0 Å². The quantitative estimate of drug-likeness (QED) is 0.543. The molecule has 2 fully saturated rings. The lowest BCUT2D eigenvalue weighted by atomic mass is 9.99. The summed E-state index contributed by atoms with van der Waals surface area (Å²) in [5, 5.41) is 12.0. The minimum absolute atomic E-state index is 0.106. The molecule has 0 aromatic carbocycles. The number of aliphatic hydroxyl groups excluding tert-OH is 1. The molecule has 2 aliphatic heterocycles. The van der Waals surface area contributed by atoms with Gasteiger partial charge in [0, 0.05) is 0 Å². The van der Waals surface area contributed by atoms with Gasteiger partial charge in [-0.1, -0.05) is 0 Å². The fourth-order valence-electron chi connectivity index (χ4n) is 2.77. The highest BCUT2D eigenvalue weighted by Gasteiger charge is 2.51. The molecule has 0 bridgehead atoms. The Labute approximate surface area is 134 Å². The van der Waals surface area contributed by atoms with Crippen LogP contribution in [0, 0.1) is 0 Å². The molecule has 2 rings (SSSR count). The first-order valence-corrected chi connectivity index (χ1v) is 7.43. The Morgan fingerprint density at radius 1 is 1.13 bits per heavy atom. The van der Waals surface area contributed by atoms with Crippen molar-refractivity contribution in [1.29, 1.82) is 0 Å². The van der Waals surface area contributed by atoms with Crippen molar-refractivity contribution < 1.29 is 33.6 Å². The van der Waals surface area contributed by atoms with Gasteiger partial charge in [-0.3, -0.25) is 9.59 Å². The molecule has 4 N–H and O–H groups in total. The van der Waals surface area contributed by atoms with Crippen LogP contribution in [0.5, 0.6) is 0 Å². The number of nitrogens with two attached hydrogens (primary N) is 1. The van der Waals surface area contributed by atoms with E-state index in [9.17, 15) is 14.7 Å². The Morgan fingerprint density at radius 2 is 1.74 bits per heavy atom. The Balaban J connectivity index is 2.21. The molecule has 0 radical (unpaired) electrons. The molecule has 0 aliphatic carbocycles. The van der Waals surface area contributed by atoms with E-state index in [1.165, 1.54) is 0 Å². The monoisotopic (exact) mass is 332 g/mol. The van der Waals surface area contributed by atoms with Gasteiger partial charge in [-0.2, -0.15) is 0 Å². The smallest absolute Gasteiger partial charge is 0.309 e. The molecule has 4 atom stereocenters. The van der Waals surface area contributed by atoms with Crippen molar-refractivity contribution in [2.45, 2.75) is 63.6 Å². The van der Waals surface area contributed by atoms with Crippen LogP contribution in [0.25, 0.3) is 0 Å². The normalized spacial score (nSPS) is 35.7. The van der Waals surface area contributed by atoms with Gasteiger partial charge in [0.1, 0.15) is 18.3 Å². The van der Waals surface area contributed by atoms with Crippen molar-refractivity contribution in [3.8, 4) is 0 Å². The van der Waals surface area contributed by atoms with Crippen LogP contribution >= 0.6 is 0 Å². The predicted molar refractivity (Wildman–Crippen MR) is 76.9 cm³/mol. The van der Waals surface area contributed by atoms with Crippen molar-refractivity contribution in [2.24, 2.45) is 5.73 Å². The largest absolute Gasteiger partial charge is 0.394 e. The molecule has 2 aliphatic rings. The molecule has 132 valence electrons. The van der Waals surface area contributed by atoms with Crippen molar-refractivity contribution >= 4 is 11.8 Å². The number of hydrogen-bond donors (Lipinski definition) is 3. The maximum absolute atomic E-state index is 11.6. The van der Waals surface area contributed by atoms with Gasteiger partial charge in [0.15, 0.2) is 11.6 Å². The number of carbonyl (C=O) groups is 2. The highest BCUT2D eigenvalue weighted by Crippen LogP contribution is 2.35. The number of carbonyl (C=O) groups excluding carboxylic acids is 2. The molecule has 23 heavy (non-hydrogen) atoms. The second-order valence-corrected chi connectivity index (χ2v) is 6.56. The first-order valence-electron chi connectivity index (χ1n) is 7.43. The van der Waals surface area contributed by atoms with E-state index >= 15 is 0 Å². The van der Waals surface area contributed by atoms with Crippen LogP contribution in [-0.2, 0) is 28.5 Å². The molecule has 0 saturated carbocycles. The van der Waals surface area contributed by atoms with E-state index in [4.69, 9.17) is 24.7 Å². The topological polar surface area (TPSA) is 129 Å². The number of nitrogens with one attached hydrogen (secondary N) is 1. The van der Waals surface area contributed by atoms with Crippen molar-refractivity contribution in [2.75, 3.05) is 13.2 Å². The second kappa shape index (κ2) is 6.33. The molecular weight excluding hydrogens is 308 g/mol. The van der Waals surface area contributed by atoms with E-state index in [0.29, 0.717) is 0 Å². The summed E-state index contributed by atoms with van der Waals surface area (Å²) in [4.78, 5) is 22.6. The van der Waals surface area contributed by atoms with Gasteiger partial charge >= 0.3 is 11.8 Å². The summed E-state index contributed by atoms with van der Waals surface area (Å²) in [7, 11) is 0. The standard InChI is InChI=1S/C14H24N2O7/c1-13(2)20-6-7(16-12(19)11(15)18)9(22-13)10-8(5-17)21-14(3,4)23-10/h7-10,17H,5-6H2,1-4H3,(H2,15,18)(H,16,19)/t7-,8-,9-,10-/m1/s1. The molecule has 0 unspecified atom stereocenters. The third kappa shape index (κ3) is 4.18. The molecule has 0 aromatic rings. The lowest BCUT2D eigenvalue weighted by Crippen LogP contribution is -2.62. The molecule has 0 aromatic heterocycles. The summed E-state index contributed by atoms with van der Waals surface area (Å²) in [6, 6.07) is -0.667. The highest BCUT2D eigenvalue weighted by molar-refractivity contribution is 6.34. The molecule has 2 amide bonds. The third-order valence-corrected chi connectivity index (χ3v) is 3.69. The van der Waals surface area contributed by atoms with Crippen LogP contribution in [0.15, 0.2) is 0 Å². The summed E-state index contributed by atoms with van der Waals surface area (Å²) in [6.45, 7) is 6.72. The summed E-state index contributed by atoms with van der Waals surface area (Å²) < 4.78 is 22.9. The van der Waals surface area contributed by atoms with E-state index in [1.54, 1.807) is 27.7 Å². The number of hydrogen-bond acceptors (Lipinski definition) is 7. The maximum Gasteiger partial charge on any atom is 0.309 e. The number of aliphatic hydroxyl groups is 1. The fourth-order valence-corrected chi connectivity index (χ4v) is 2.77. The van der Waals surface area contributed by atoms with Crippen LogP contribution in [0.1, 0.15) is 27.7 Å². The maximum atomic E-state index is 11.6. The third-order valence-electron chi connectivity index (χ3n) is 3.69.